The molecule has 2 fully saturated rings. The summed E-state index contributed by atoms with van der Waals surface area (Å²) in [5.74, 6) is -6.47. The summed E-state index contributed by atoms with van der Waals surface area (Å²) in [5, 5.41) is 0. The molecule has 21 heavy (non-hydrogen) atoms. The quantitative estimate of drug-likeness (QED) is 0.782. The molecule has 1 aliphatic heterocycles. The van der Waals surface area contributed by atoms with Crippen LogP contribution in [0, 0.1) is 5.41 Å². The average molecular weight is 318 g/mol. The minimum Gasteiger partial charge on any atom is -0.368 e. The van der Waals surface area contributed by atoms with Crippen LogP contribution in [0.3, 0.4) is 0 Å². The van der Waals surface area contributed by atoms with E-state index in [2.05, 4.69) is 0 Å². The van der Waals surface area contributed by atoms with Crippen molar-refractivity contribution in [3.8, 4) is 0 Å². The molecule has 0 aromatic carbocycles. The van der Waals surface area contributed by atoms with Gasteiger partial charge in [-0.25, -0.2) is 13.2 Å². The minimum absolute atomic E-state index is 0.343. The third kappa shape index (κ3) is 2.44. The van der Waals surface area contributed by atoms with Crippen molar-refractivity contribution in [1.29, 1.82) is 0 Å². The molecule has 0 radical (unpaired) electrons. The van der Waals surface area contributed by atoms with E-state index in [1.54, 1.807) is 0 Å². The van der Waals surface area contributed by atoms with Crippen molar-refractivity contribution in [2.75, 3.05) is 6.54 Å². The fraction of sp³-hybridized carbons (Fsp3) is 0.818. The first-order chi connectivity index (χ1) is 9.40. The number of amides is 2. The first-order valence-corrected chi connectivity index (χ1v) is 6.09. The number of nitrogens with two attached hydrogens (primary N) is 1. The number of hydrogen-bond donors (Lipinski definition) is 1. The maximum atomic E-state index is 13.3. The first kappa shape index (κ1) is 15.9. The Morgan fingerprint density at radius 2 is 1.71 bits per heavy atom. The van der Waals surface area contributed by atoms with Gasteiger partial charge in [0.05, 0.1) is 6.54 Å². The Morgan fingerprint density at radius 1 is 1.19 bits per heavy atom. The summed E-state index contributed by atoms with van der Waals surface area (Å²) in [4.78, 5) is 23.5. The van der Waals surface area contributed by atoms with Crippen molar-refractivity contribution in [2.24, 2.45) is 11.1 Å². The third-order valence-electron chi connectivity index (χ3n) is 3.91. The van der Waals surface area contributed by atoms with Gasteiger partial charge in [-0.3, -0.25) is 9.59 Å². The molecule has 0 aromatic heterocycles. The Morgan fingerprint density at radius 3 is 2.10 bits per heavy atom. The molecule has 10 heteroatoms. The highest BCUT2D eigenvalue weighted by Crippen LogP contribution is 2.61. The van der Waals surface area contributed by atoms with Gasteiger partial charge in [-0.1, -0.05) is 0 Å². The third-order valence-corrected chi connectivity index (χ3v) is 3.91. The van der Waals surface area contributed by atoms with E-state index in [1.807, 2.05) is 0 Å². The van der Waals surface area contributed by atoms with Crippen molar-refractivity contribution in [3.05, 3.63) is 0 Å². The maximum absolute atomic E-state index is 13.3. The fourth-order valence-corrected chi connectivity index (χ4v) is 2.86. The lowest BCUT2D eigenvalue weighted by Gasteiger charge is -2.48. The second-order valence-corrected chi connectivity index (χ2v) is 5.50. The highest BCUT2D eigenvalue weighted by Gasteiger charge is 2.74. The zero-order valence-corrected chi connectivity index (χ0v) is 10.6. The van der Waals surface area contributed by atoms with E-state index < -0.39 is 67.3 Å². The van der Waals surface area contributed by atoms with Crippen LogP contribution in [0.1, 0.15) is 19.3 Å². The van der Waals surface area contributed by atoms with Gasteiger partial charge in [0.15, 0.2) is 5.41 Å². The van der Waals surface area contributed by atoms with Gasteiger partial charge < -0.3 is 10.6 Å². The van der Waals surface area contributed by atoms with E-state index in [0.29, 0.717) is 4.90 Å². The minimum atomic E-state index is -5.21. The molecular formula is C11H12F6N2O2. The first-order valence-electron chi connectivity index (χ1n) is 6.09. The normalized spacial score (nSPS) is 30.9. The molecule has 2 atom stereocenters. The number of halogens is 6. The summed E-state index contributed by atoms with van der Waals surface area (Å²) in [7, 11) is 0. The van der Waals surface area contributed by atoms with E-state index in [0.717, 1.165) is 0 Å². The Balaban J connectivity index is 2.30. The van der Waals surface area contributed by atoms with Crippen LogP contribution in [0.15, 0.2) is 0 Å². The van der Waals surface area contributed by atoms with Crippen molar-refractivity contribution in [2.45, 2.75) is 43.6 Å². The lowest BCUT2D eigenvalue weighted by atomic mass is 9.64. The van der Waals surface area contributed by atoms with E-state index in [4.69, 9.17) is 5.73 Å². The van der Waals surface area contributed by atoms with Crippen LogP contribution in [0.25, 0.3) is 0 Å². The van der Waals surface area contributed by atoms with Crippen molar-refractivity contribution in [1.82, 2.24) is 4.90 Å². The van der Waals surface area contributed by atoms with Gasteiger partial charge in [-0.15, -0.1) is 0 Å². The molecule has 4 nitrogen and oxygen atoms in total. The topological polar surface area (TPSA) is 63.4 Å². The number of likely N-dealkylation sites (tertiary alicyclic amines) is 1. The Kier molecular flexibility index (Phi) is 3.41. The van der Waals surface area contributed by atoms with E-state index in [9.17, 15) is 35.9 Å². The van der Waals surface area contributed by atoms with Crippen LogP contribution in [-0.2, 0) is 9.59 Å². The number of alkyl halides is 6. The second kappa shape index (κ2) is 4.51. The molecule has 120 valence electrons. The molecule has 1 aliphatic carbocycles. The molecule has 0 bridgehead atoms. The van der Waals surface area contributed by atoms with Gasteiger partial charge in [0, 0.05) is 19.3 Å². The van der Waals surface area contributed by atoms with Crippen LogP contribution >= 0.6 is 0 Å². The molecule has 2 N–H and O–H groups in total. The van der Waals surface area contributed by atoms with Gasteiger partial charge >= 0.3 is 6.18 Å². The number of nitrogens with zero attached hydrogens (tertiary/aromatic N) is 1. The molecule has 2 unspecified atom stereocenters. The van der Waals surface area contributed by atoms with Crippen molar-refractivity contribution in [3.63, 3.8) is 0 Å². The molecule has 2 aliphatic rings. The SMILES string of the molecule is NC(=O)C1CC(F)CN1C(=O)C1(C(F)(F)F)CC(F)(F)C1. The number of primary amides is 1. The second-order valence-electron chi connectivity index (χ2n) is 5.50. The molecule has 0 aromatic rings. The lowest BCUT2D eigenvalue weighted by molar-refractivity contribution is -0.299. The smallest absolute Gasteiger partial charge is 0.368 e. The lowest BCUT2D eigenvalue weighted by Crippen LogP contribution is -2.64. The summed E-state index contributed by atoms with van der Waals surface area (Å²) in [6.45, 7) is -0.754. The summed E-state index contributed by atoms with van der Waals surface area (Å²) in [5.41, 5.74) is 1.65. The van der Waals surface area contributed by atoms with Crippen LogP contribution in [0.4, 0.5) is 26.3 Å². The number of carbonyl (C=O) groups is 2. The van der Waals surface area contributed by atoms with Crippen molar-refractivity contribution >= 4 is 11.8 Å². The van der Waals surface area contributed by atoms with Crippen LogP contribution in [-0.4, -0.2) is 47.6 Å². The zero-order valence-electron chi connectivity index (χ0n) is 10.6. The van der Waals surface area contributed by atoms with E-state index >= 15 is 0 Å². The highest BCUT2D eigenvalue weighted by molar-refractivity contribution is 5.91. The number of hydrogen-bond acceptors (Lipinski definition) is 2. The summed E-state index contributed by atoms with van der Waals surface area (Å²) >= 11 is 0. The van der Waals surface area contributed by atoms with E-state index in [1.165, 1.54) is 0 Å². The number of rotatable bonds is 2. The van der Waals surface area contributed by atoms with Gasteiger partial charge in [-0.2, -0.15) is 13.2 Å². The maximum Gasteiger partial charge on any atom is 0.403 e. The molecule has 1 saturated carbocycles. The molecule has 1 heterocycles. The highest BCUT2D eigenvalue weighted by atomic mass is 19.4. The number of carbonyl (C=O) groups excluding carboxylic acids is 2. The van der Waals surface area contributed by atoms with Crippen LogP contribution < -0.4 is 5.73 Å². The zero-order chi connectivity index (χ0) is 16.2. The Bertz CT molecular complexity index is 470. The fourth-order valence-electron chi connectivity index (χ4n) is 2.86. The Labute approximate surface area is 115 Å². The molecule has 0 spiro atoms. The largest absolute Gasteiger partial charge is 0.403 e. The average Bonchev–Trinajstić information content (AvgIpc) is 2.65. The standard InChI is InChI=1S/C11H12F6N2O2/c12-5-1-6(7(18)20)19(2-5)8(21)9(11(15,16)17)3-10(13,14)4-9/h5-6H,1-4H2,(H2,18,20). The van der Waals surface area contributed by atoms with Crippen LogP contribution in [0.5, 0.6) is 0 Å². The predicted octanol–water partition coefficient (Wildman–Crippen LogP) is 1.39. The Hall–Kier alpha value is -1.48. The monoisotopic (exact) mass is 318 g/mol. The summed E-state index contributed by atoms with van der Waals surface area (Å²) in [6, 6.07) is -1.54. The molecule has 2 amide bonds. The van der Waals surface area contributed by atoms with Gasteiger partial charge in [0.25, 0.3) is 5.92 Å². The molecule has 1 saturated heterocycles. The molecular weight excluding hydrogens is 306 g/mol. The van der Waals surface area contributed by atoms with Crippen LogP contribution in [0.2, 0.25) is 0 Å². The summed E-state index contributed by atoms with van der Waals surface area (Å²) < 4.78 is 78.2. The summed E-state index contributed by atoms with van der Waals surface area (Å²) in [6.07, 6.45) is -10.8. The van der Waals surface area contributed by atoms with E-state index in [-0.39, 0.29) is 0 Å². The van der Waals surface area contributed by atoms with Crippen molar-refractivity contribution < 1.29 is 35.9 Å². The molecule has 2 rings (SSSR count). The predicted molar refractivity (Wildman–Crippen MR) is 56.9 cm³/mol. The van der Waals surface area contributed by atoms with Gasteiger partial charge in [0.1, 0.15) is 12.2 Å². The van der Waals surface area contributed by atoms with Gasteiger partial charge in [0.2, 0.25) is 11.8 Å². The van der Waals surface area contributed by atoms with Gasteiger partial charge in [-0.05, 0) is 0 Å².